The Labute approximate surface area is 175 Å². The highest BCUT2D eigenvalue weighted by atomic mass is 127. The van der Waals surface area contributed by atoms with Gasteiger partial charge in [-0.05, 0) is 45.5 Å². The van der Waals surface area contributed by atoms with E-state index in [1.54, 1.807) is 0 Å². The first-order valence-electron chi connectivity index (χ1n) is 9.59. The minimum absolute atomic E-state index is 0. The Balaban J connectivity index is 0.00000225. The number of hydrogen-bond acceptors (Lipinski definition) is 4. The monoisotopic (exact) mass is 481 g/mol. The molecule has 0 amide bonds. The number of aliphatic imine (C=N–C) groups is 1. The molecule has 0 radical (unpaired) electrons. The smallest absolute Gasteiger partial charge is 0.191 e. The van der Waals surface area contributed by atoms with Crippen LogP contribution >= 0.6 is 35.7 Å². The third kappa shape index (κ3) is 5.39. The van der Waals surface area contributed by atoms with E-state index >= 15 is 0 Å². The fourth-order valence-corrected chi connectivity index (χ4v) is 5.94. The van der Waals surface area contributed by atoms with E-state index in [1.807, 2.05) is 7.05 Å². The molecule has 5 nitrogen and oxygen atoms in total. The highest BCUT2D eigenvalue weighted by Crippen LogP contribution is 2.31. The normalized spacial score (nSPS) is 31.5. The summed E-state index contributed by atoms with van der Waals surface area (Å²) >= 11 is 2.07. The predicted octanol–water partition coefficient (Wildman–Crippen LogP) is 2.22. The van der Waals surface area contributed by atoms with Crippen LogP contribution in [0.4, 0.5) is 0 Å². The van der Waals surface area contributed by atoms with Gasteiger partial charge in [-0.25, -0.2) is 0 Å². The molecule has 0 aromatic carbocycles. The molecule has 146 valence electrons. The van der Waals surface area contributed by atoms with Gasteiger partial charge in [0, 0.05) is 50.1 Å². The van der Waals surface area contributed by atoms with Crippen molar-refractivity contribution in [2.45, 2.75) is 56.1 Å². The van der Waals surface area contributed by atoms with Crippen LogP contribution in [-0.4, -0.2) is 85.7 Å². The standard InChI is InChI=1S/C18H35N5S.HI/c1-19-17(20-13-18(22(2)3)9-11-24-14-18)21-15-8-10-23(12-15)16-6-4-5-7-16;/h15-16H,4-14H2,1-3H3,(H2,19,20,21);1H. The van der Waals surface area contributed by atoms with E-state index in [-0.39, 0.29) is 29.5 Å². The van der Waals surface area contributed by atoms with E-state index in [4.69, 9.17) is 0 Å². The molecule has 2 unspecified atom stereocenters. The van der Waals surface area contributed by atoms with Gasteiger partial charge in [0.15, 0.2) is 5.96 Å². The second-order valence-corrected chi connectivity index (χ2v) is 9.02. The molecule has 2 heterocycles. The third-order valence-electron chi connectivity index (χ3n) is 6.24. The van der Waals surface area contributed by atoms with Gasteiger partial charge in [-0.15, -0.1) is 24.0 Å². The maximum Gasteiger partial charge on any atom is 0.191 e. The summed E-state index contributed by atoms with van der Waals surface area (Å²) in [5, 5.41) is 7.28. The van der Waals surface area contributed by atoms with E-state index in [0.29, 0.717) is 6.04 Å². The minimum Gasteiger partial charge on any atom is -0.355 e. The Morgan fingerprint density at radius 1 is 1.28 bits per heavy atom. The summed E-state index contributed by atoms with van der Waals surface area (Å²) < 4.78 is 0. The molecule has 0 aromatic heterocycles. The van der Waals surface area contributed by atoms with Gasteiger partial charge in [0.25, 0.3) is 0 Å². The summed E-state index contributed by atoms with van der Waals surface area (Å²) in [6.07, 6.45) is 8.16. The van der Waals surface area contributed by atoms with Gasteiger partial charge in [0.1, 0.15) is 0 Å². The molecule has 0 bridgehead atoms. The summed E-state index contributed by atoms with van der Waals surface area (Å²) in [6.45, 7) is 3.41. The zero-order valence-corrected chi connectivity index (χ0v) is 19.2. The van der Waals surface area contributed by atoms with Gasteiger partial charge in [-0.2, -0.15) is 11.8 Å². The van der Waals surface area contributed by atoms with E-state index in [0.717, 1.165) is 18.5 Å². The number of likely N-dealkylation sites (N-methyl/N-ethyl adjacent to an activating group) is 1. The number of hydrogen-bond donors (Lipinski definition) is 2. The lowest BCUT2D eigenvalue weighted by Gasteiger charge is -2.36. The molecule has 0 aromatic rings. The highest BCUT2D eigenvalue weighted by molar-refractivity contribution is 14.0. The molecule has 1 saturated carbocycles. The molecule has 7 heteroatoms. The zero-order chi connectivity index (χ0) is 17.0. The van der Waals surface area contributed by atoms with Crippen LogP contribution in [0.1, 0.15) is 38.5 Å². The van der Waals surface area contributed by atoms with Gasteiger partial charge in [-0.3, -0.25) is 9.89 Å². The largest absolute Gasteiger partial charge is 0.355 e. The second kappa shape index (κ2) is 9.99. The van der Waals surface area contributed by atoms with Crippen molar-refractivity contribution in [3.8, 4) is 0 Å². The first-order valence-corrected chi connectivity index (χ1v) is 10.7. The lowest BCUT2D eigenvalue weighted by molar-refractivity contribution is 0.182. The van der Waals surface area contributed by atoms with Crippen molar-refractivity contribution in [2.24, 2.45) is 4.99 Å². The van der Waals surface area contributed by atoms with Crippen molar-refractivity contribution in [1.82, 2.24) is 20.4 Å². The second-order valence-electron chi connectivity index (χ2n) is 7.91. The molecule has 3 fully saturated rings. The Bertz CT molecular complexity index is 433. The molecular weight excluding hydrogens is 445 g/mol. The number of nitrogens with zero attached hydrogens (tertiary/aromatic N) is 3. The molecule has 3 rings (SSSR count). The summed E-state index contributed by atoms with van der Waals surface area (Å²) in [5.74, 6) is 3.46. The Morgan fingerprint density at radius 2 is 2.04 bits per heavy atom. The summed E-state index contributed by atoms with van der Waals surface area (Å²) in [6, 6.07) is 1.39. The average Bonchev–Trinajstić information content (AvgIpc) is 3.32. The van der Waals surface area contributed by atoms with Gasteiger partial charge in [0.2, 0.25) is 0 Å². The van der Waals surface area contributed by atoms with E-state index in [9.17, 15) is 0 Å². The van der Waals surface area contributed by atoms with Crippen molar-refractivity contribution in [3.05, 3.63) is 0 Å². The van der Waals surface area contributed by atoms with Crippen LogP contribution in [0.5, 0.6) is 0 Å². The number of likely N-dealkylation sites (tertiary alicyclic amines) is 1. The van der Waals surface area contributed by atoms with Gasteiger partial charge in [0.05, 0.1) is 0 Å². The van der Waals surface area contributed by atoms with Crippen LogP contribution in [0.25, 0.3) is 0 Å². The molecular formula is C18H36IN5S. The van der Waals surface area contributed by atoms with Crippen molar-refractivity contribution in [2.75, 3.05) is 52.3 Å². The molecule has 2 aliphatic heterocycles. The lowest BCUT2D eigenvalue weighted by Crippen LogP contribution is -2.55. The first-order chi connectivity index (χ1) is 11.6. The van der Waals surface area contributed by atoms with Crippen molar-refractivity contribution >= 4 is 41.7 Å². The molecule has 0 spiro atoms. The number of halogens is 1. The SMILES string of the molecule is CN=C(NCC1(N(C)C)CCSC1)NC1CCN(C2CCCC2)C1.I. The summed E-state index contributed by atoms with van der Waals surface area (Å²) in [7, 11) is 6.31. The molecule has 3 aliphatic rings. The molecule has 25 heavy (non-hydrogen) atoms. The summed E-state index contributed by atoms with van der Waals surface area (Å²) in [5.41, 5.74) is 0.272. The minimum atomic E-state index is 0. The Morgan fingerprint density at radius 3 is 2.64 bits per heavy atom. The van der Waals surface area contributed by atoms with Gasteiger partial charge in [-0.1, -0.05) is 12.8 Å². The van der Waals surface area contributed by atoms with Crippen LogP contribution < -0.4 is 10.6 Å². The van der Waals surface area contributed by atoms with Crippen molar-refractivity contribution in [3.63, 3.8) is 0 Å². The molecule has 1 aliphatic carbocycles. The van der Waals surface area contributed by atoms with Crippen molar-refractivity contribution < 1.29 is 0 Å². The van der Waals surface area contributed by atoms with Crippen LogP contribution in [0, 0.1) is 0 Å². The molecule has 2 saturated heterocycles. The topological polar surface area (TPSA) is 42.9 Å². The van der Waals surface area contributed by atoms with Crippen LogP contribution in [0.15, 0.2) is 4.99 Å². The maximum atomic E-state index is 4.48. The fraction of sp³-hybridized carbons (Fsp3) is 0.944. The first kappa shape index (κ1) is 21.6. The van der Waals surface area contributed by atoms with E-state index in [1.165, 1.54) is 63.1 Å². The highest BCUT2D eigenvalue weighted by Gasteiger charge is 2.37. The number of thioether (sulfide) groups is 1. The number of guanidine groups is 1. The zero-order valence-electron chi connectivity index (χ0n) is 16.1. The number of nitrogens with one attached hydrogen (secondary N) is 2. The van der Waals surface area contributed by atoms with Gasteiger partial charge < -0.3 is 15.5 Å². The van der Waals surface area contributed by atoms with E-state index in [2.05, 4.69) is 51.3 Å². The average molecular weight is 481 g/mol. The van der Waals surface area contributed by atoms with Crippen LogP contribution in [0.3, 0.4) is 0 Å². The maximum absolute atomic E-state index is 4.48. The quantitative estimate of drug-likeness (QED) is 0.358. The molecule has 2 atom stereocenters. The van der Waals surface area contributed by atoms with Crippen LogP contribution in [-0.2, 0) is 0 Å². The molecule has 2 N–H and O–H groups in total. The fourth-order valence-electron chi connectivity index (χ4n) is 4.39. The lowest BCUT2D eigenvalue weighted by atomic mass is 9.97. The van der Waals surface area contributed by atoms with E-state index < -0.39 is 0 Å². The Hall–Kier alpha value is 0.270. The number of rotatable bonds is 5. The Kier molecular flexibility index (Phi) is 8.62. The third-order valence-corrected chi connectivity index (χ3v) is 7.48. The van der Waals surface area contributed by atoms with Crippen LogP contribution in [0.2, 0.25) is 0 Å². The predicted molar refractivity (Wildman–Crippen MR) is 121 cm³/mol. The van der Waals surface area contributed by atoms with Gasteiger partial charge >= 0.3 is 0 Å². The van der Waals surface area contributed by atoms with Crippen molar-refractivity contribution in [1.29, 1.82) is 0 Å². The summed E-state index contributed by atoms with van der Waals surface area (Å²) in [4.78, 5) is 9.57.